The van der Waals surface area contributed by atoms with Crippen molar-refractivity contribution in [3.05, 3.63) is 233 Å². The second-order valence-electron chi connectivity index (χ2n) is 29.9. The molecule has 18 heteroatoms. The third-order valence-corrected chi connectivity index (χ3v) is 25.5. The summed E-state index contributed by atoms with van der Waals surface area (Å²) in [5.74, 6) is 2.73. The molecule has 3 aromatic heterocycles. The van der Waals surface area contributed by atoms with Crippen LogP contribution in [0.5, 0.6) is 17.2 Å². The second kappa shape index (κ2) is 26.5. The number of benzene rings is 6. The highest BCUT2D eigenvalue weighted by molar-refractivity contribution is 7.87. The summed E-state index contributed by atoms with van der Waals surface area (Å²) in [7, 11) is -3.35. The molecule has 6 aliphatic heterocycles. The van der Waals surface area contributed by atoms with Crippen molar-refractivity contribution in [1.29, 1.82) is 0 Å². The van der Waals surface area contributed by atoms with Crippen molar-refractivity contribution in [2.24, 2.45) is 0 Å². The molecule has 0 radical (unpaired) electrons. The van der Waals surface area contributed by atoms with Gasteiger partial charge in [0, 0.05) is 140 Å². The molecular weight excluding hydrogens is 1300 g/mol. The van der Waals surface area contributed by atoms with E-state index in [4.69, 9.17) is 14.2 Å². The van der Waals surface area contributed by atoms with E-state index < -0.39 is 49.2 Å². The second-order valence-corrected chi connectivity index (χ2v) is 36.6. The van der Waals surface area contributed by atoms with Gasteiger partial charge in [-0.1, -0.05) is 36.4 Å². The van der Waals surface area contributed by atoms with E-state index in [1.807, 2.05) is 168 Å². The number of aryl methyl sites for hydroxylation is 3. The summed E-state index contributed by atoms with van der Waals surface area (Å²) in [4.78, 5) is 47.6. The van der Waals surface area contributed by atoms with Crippen LogP contribution in [0.15, 0.2) is 197 Å². The minimum absolute atomic E-state index is 0.0145. The predicted octanol–water partition coefficient (Wildman–Crippen LogP) is 15.6. The van der Waals surface area contributed by atoms with Crippen LogP contribution in [0.3, 0.4) is 0 Å². The Hall–Kier alpha value is -8.58. The first-order valence-corrected chi connectivity index (χ1v) is 37.9. The van der Waals surface area contributed by atoms with Crippen molar-refractivity contribution in [1.82, 2.24) is 28.4 Å². The van der Waals surface area contributed by atoms with E-state index >= 15 is 0 Å². The molecule has 9 heterocycles. The maximum atomic E-state index is 13.2. The number of para-hydroxylation sites is 6. The van der Waals surface area contributed by atoms with Crippen molar-refractivity contribution in [3.63, 3.8) is 0 Å². The molecular formula is C81H90N6O9S3. The fraction of sp³-hybridized carbons (Fsp3) is 0.370. The zero-order chi connectivity index (χ0) is 70.1. The summed E-state index contributed by atoms with van der Waals surface area (Å²) in [5.41, 5.74) is 10.9. The number of fused-ring (bicyclic) bond motifs is 12. The molecule has 0 N–H and O–H groups in total. The molecule has 99 heavy (non-hydrogen) atoms. The van der Waals surface area contributed by atoms with Gasteiger partial charge >= 0.3 is 0 Å². The van der Waals surface area contributed by atoms with Gasteiger partial charge < -0.3 is 42.6 Å². The van der Waals surface area contributed by atoms with E-state index in [2.05, 4.69) is 89.1 Å². The number of hydrogen-bond donors (Lipinski definition) is 0. The van der Waals surface area contributed by atoms with Crippen molar-refractivity contribution in [3.8, 4) is 34.3 Å². The molecule has 3 amide bonds. The van der Waals surface area contributed by atoms with Gasteiger partial charge in [-0.25, -0.2) is 0 Å². The number of piperidine rings is 3. The van der Waals surface area contributed by atoms with Gasteiger partial charge in [0.25, 0.3) is 17.7 Å². The van der Waals surface area contributed by atoms with Crippen LogP contribution >= 0.6 is 0 Å². The summed E-state index contributed by atoms with van der Waals surface area (Å²) in [6.07, 6.45) is 4.43. The minimum atomic E-state index is -1.12. The molecule has 15 nitrogen and oxygen atoms in total. The zero-order valence-corrected chi connectivity index (χ0v) is 61.3. The maximum absolute atomic E-state index is 13.2. The zero-order valence-electron chi connectivity index (χ0n) is 58.9. The van der Waals surface area contributed by atoms with Crippen LogP contribution < -0.4 is 14.2 Å². The minimum Gasteiger partial charge on any atom is -0.479 e. The summed E-state index contributed by atoms with van der Waals surface area (Å²) >= 11 is 0. The number of aromatic nitrogens is 3. The highest BCUT2D eigenvalue weighted by Crippen LogP contribution is 2.49. The molecule has 6 aliphatic rings. The van der Waals surface area contributed by atoms with Gasteiger partial charge in [0.05, 0.1) is 66.5 Å². The maximum Gasteiger partial charge on any atom is 0.253 e. The first-order valence-electron chi connectivity index (χ1n) is 34.4. The van der Waals surface area contributed by atoms with Gasteiger partial charge in [0.2, 0.25) is 0 Å². The van der Waals surface area contributed by atoms with Gasteiger partial charge in [-0.2, -0.15) is 0 Å². The Morgan fingerprint density at radius 3 is 0.768 bits per heavy atom. The van der Waals surface area contributed by atoms with Gasteiger partial charge in [0.15, 0.2) is 16.8 Å². The average Bonchev–Trinajstić information content (AvgIpc) is 1.69. The molecule has 15 rings (SSSR count). The van der Waals surface area contributed by atoms with E-state index in [1.165, 1.54) is 34.2 Å². The van der Waals surface area contributed by atoms with Crippen LogP contribution in [0.25, 0.3) is 17.1 Å². The summed E-state index contributed by atoms with van der Waals surface area (Å²) in [6.45, 7) is 27.7. The summed E-state index contributed by atoms with van der Waals surface area (Å²) < 4.78 is 63.6. The van der Waals surface area contributed by atoms with Crippen LogP contribution in [0, 0.1) is 20.8 Å². The lowest BCUT2D eigenvalue weighted by molar-refractivity contribution is -0.00991. The molecule has 6 aromatic carbocycles. The van der Waals surface area contributed by atoms with Gasteiger partial charge in [-0.15, -0.1) is 0 Å². The van der Waals surface area contributed by atoms with E-state index in [-0.39, 0.29) is 32.0 Å². The van der Waals surface area contributed by atoms with Crippen molar-refractivity contribution >= 4 is 50.1 Å². The van der Waals surface area contributed by atoms with E-state index in [1.54, 1.807) is 36.4 Å². The average molecular weight is 1390 g/mol. The Balaban J connectivity index is 0.000000133. The van der Waals surface area contributed by atoms with Crippen molar-refractivity contribution in [2.75, 3.05) is 39.3 Å². The van der Waals surface area contributed by atoms with Gasteiger partial charge in [0.1, 0.15) is 17.2 Å². The van der Waals surface area contributed by atoms with Crippen LogP contribution in [0.2, 0.25) is 0 Å². The number of ether oxygens (including phenoxy) is 3. The smallest absolute Gasteiger partial charge is 0.253 e. The molecule has 516 valence electrons. The van der Waals surface area contributed by atoms with Crippen LogP contribution in [0.4, 0.5) is 0 Å². The number of hydrogen-bond acceptors (Lipinski definition) is 9. The number of nitrogens with zero attached hydrogens (tertiary/aromatic N) is 6. The number of carbonyl (C=O) groups excluding carboxylic acids is 3. The molecule has 1 unspecified atom stereocenters. The number of likely N-dealkylation sites (tertiary alicyclic amines) is 3. The SMILES string of the molecule is Cc1ccc2n1-c1ccccc1OC21CCN(C(=O)c2ccc(S(=O)C(C)(C)C)cc2)CC1.Cc1ccc2n1-c1ccccc1OC21CCN(C(=O)c2ccc([S@@](=O)C(C)(C)C)cc2)CC1.Cc1ccc2n1-c1ccccc1OC21CCN(C(=O)c2ccc([S@](=O)C(C)(C)C)cc2)CC1. The molecule has 3 atom stereocenters. The first-order chi connectivity index (χ1) is 47.1. The van der Waals surface area contributed by atoms with E-state index in [0.717, 1.165) is 87.5 Å². The third kappa shape index (κ3) is 13.1. The largest absolute Gasteiger partial charge is 0.479 e. The highest BCUT2D eigenvalue weighted by Gasteiger charge is 2.48. The normalized spacial score (nSPS) is 17.8. The molecule has 0 saturated carbocycles. The molecule has 0 bridgehead atoms. The lowest BCUT2D eigenvalue weighted by Crippen LogP contribution is -2.50. The summed E-state index contributed by atoms with van der Waals surface area (Å²) in [6, 6.07) is 59.1. The fourth-order valence-electron chi connectivity index (χ4n) is 14.7. The van der Waals surface area contributed by atoms with Crippen LogP contribution in [-0.4, -0.2) is 112 Å². The molecule has 3 saturated heterocycles. The standard InChI is InChI=1S/3C27H30N2O3S/c3*1-19-9-14-24-27(32-23-8-6-5-7-22(23)29(19)24)15-17-28(18-16-27)25(30)20-10-12-21(13-11-20)33(31)26(2,3)4/h3*5-14H,15-18H2,1-4H3/t2*33-;/m10./s1. The van der Waals surface area contributed by atoms with Gasteiger partial charge in [-0.05, 0) is 229 Å². The van der Waals surface area contributed by atoms with Gasteiger partial charge in [-0.3, -0.25) is 27.0 Å². The Morgan fingerprint density at radius 2 is 0.545 bits per heavy atom. The predicted molar refractivity (Wildman–Crippen MR) is 392 cm³/mol. The Bertz CT molecular complexity index is 4150. The molecule has 9 aromatic rings. The molecule has 3 fully saturated rings. The highest BCUT2D eigenvalue weighted by atomic mass is 32.2. The topological polar surface area (TPSA) is 155 Å². The third-order valence-electron chi connectivity index (χ3n) is 20.1. The van der Waals surface area contributed by atoms with Crippen LogP contribution in [0.1, 0.15) is 166 Å². The lowest BCUT2D eigenvalue weighted by atomic mass is 9.86. The van der Waals surface area contributed by atoms with Crippen LogP contribution in [-0.2, 0) is 49.2 Å². The molecule has 3 spiro atoms. The van der Waals surface area contributed by atoms with Crippen molar-refractivity contribution in [2.45, 2.75) is 167 Å². The number of rotatable bonds is 6. The first kappa shape index (κ1) is 68.9. The number of carbonyl (C=O) groups is 3. The fourth-order valence-corrected chi connectivity index (χ4v) is 17.9. The van der Waals surface area contributed by atoms with E-state index in [9.17, 15) is 27.0 Å². The lowest BCUT2D eigenvalue weighted by Gasteiger charge is -2.45. The number of amides is 3. The Morgan fingerprint density at radius 1 is 0.323 bits per heavy atom. The monoisotopic (exact) mass is 1390 g/mol. The Kier molecular flexibility index (Phi) is 18.4. The Labute approximate surface area is 589 Å². The quantitative estimate of drug-likeness (QED) is 0.158. The van der Waals surface area contributed by atoms with E-state index in [0.29, 0.717) is 56.0 Å². The molecule has 0 aliphatic carbocycles. The summed E-state index contributed by atoms with van der Waals surface area (Å²) in [5, 5.41) is 0. The van der Waals surface area contributed by atoms with Crippen molar-refractivity contribution < 1.29 is 41.2 Å².